The molecule has 3 saturated carbocycles. The first-order valence-corrected chi connectivity index (χ1v) is 9.88. The van der Waals surface area contributed by atoms with Crippen LogP contribution in [0.5, 0.6) is 0 Å². The van der Waals surface area contributed by atoms with Crippen molar-refractivity contribution in [2.45, 2.75) is 72.6 Å². The Balaban J connectivity index is 1.69. The summed E-state index contributed by atoms with van der Waals surface area (Å²) in [5.74, 6) is 4.84. The van der Waals surface area contributed by atoms with E-state index in [4.69, 9.17) is 0 Å². The highest BCUT2D eigenvalue weighted by atomic mass is 14.6. The molecule has 7 atom stereocenters. The third-order valence-electron chi connectivity index (χ3n) is 8.65. The van der Waals surface area contributed by atoms with Gasteiger partial charge in [-0.05, 0) is 73.5 Å². The Morgan fingerprint density at radius 2 is 2.00 bits per heavy atom. The average Bonchev–Trinajstić information content (AvgIpc) is 2.76. The first-order chi connectivity index (χ1) is 10.5. The quantitative estimate of drug-likeness (QED) is 0.492. The maximum absolute atomic E-state index is 2.66. The smallest absolute Gasteiger partial charge is 0.00936 e. The van der Waals surface area contributed by atoms with E-state index in [9.17, 15) is 0 Å². The van der Waals surface area contributed by atoms with E-state index in [1.54, 1.807) is 5.57 Å². The highest BCUT2D eigenvalue weighted by molar-refractivity contribution is 5.31. The minimum absolute atomic E-state index is 0.399. The molecule has 122 valence electrons. The van der Waals surface area contributed by atoms with Crippen LogP contribution >= 0.6 is 0 Å². The molecule has 0 saturated heterocycles. The first-order valence-electron chi connectivity index (χ1n) is 9.88. The van der Waals surface area contributed by atoms with Crippen molar-refractivity contribution in [3.8, 4) is 0 Å². The lowest BCUT2D eigenvalue weighted by Crippen LogP contribution is -2.49. The van der Waals surface area contributed by atoms with E-state index in [2.05, 4.69) is 45.9 Å². The molecule has 0 N–H and O–H groups in total. The maximum atomic E-state index is 2.66. The molecule has 0 heteroatoms. The lowest BCUT2D eigenvalue weighted by molar-refractivity contribution is -0.0350. The fourth-order valence-electron chi connectivity index (χ4n) is 7.68. The number of hydrogen-bond acceptors (Lipinski definition) is 0. The molecule has 0 aliphatic heterocycles. The Morgan fingerprint density at radius 1 is 1.18 bits per heavy atom. The van der Waals surface area contributed by atoms with E-state index in [1.165, 1.54) is 44.9 Å². The van der Waals surface area contributed by atoms with Crippen LogP contribution in [0.3, 0.4) is 0 Å². The second-order valence-corrected chi connectivity index (χ2v) is 9.34. The van der Waals surface area contributed by atoms with E-state index >= 15 is 0 Å². The predicted octanol–water partition coefficient (Wildman–Crippen LogP) is 6.39. The Morgan fingerprint density at radius 3 is 2.77 bits per heavy atom. The number of hydrogen-bond donors (Lipinski definition) is 0. The van der Waals surface area contributed by atoms with E-state index in [1.807, 2.05) is 0 Å². The SMILES string of the molecule is CC[C@@H]1[C@@H](C)C[C@H]2[C@@H]3CCC4=CCC=C[C@]4(C)[C@H]3CC[C@]12C. The van der Waals surface area contributed by atoms with E-state index in [0.717, 1.165) is 29.6 Å². The van der Waals surface area contributed by atoms with Gasteiger partial charge >= 0.3 is 0 Å². The molecule has 0 aromatic carbocycles. The summed E-state index contributed by atoms with van der Waals surface area (Å²) in [6.07, 6.45) is 17.5. The third kappa shape index (κ3) is 1.82. The molecule has 0 aromatic heterocycles. The van der Waals surface area contributed by atoms with Gasteiger partial charge < -0.3 is 0 Å². The van der Waals surface area contributed by atoms with Crippen molar-refractivity contribution in [3.63, 3.8) is 0 Å². The van der Waals surface area contributed by atoms with Crippen LogP contribution in [0.1, 0.15) is 72.6 Å². The molecule has 0 heterocycles. The zero-order valence-electron chi connectivity index (χ0n) is 15.1. The van der Waals surface area contributed by atoms with Gasteiger partial charge in [0.2, 0.25) is 0 Å². The van der Waals surface area contributed by atoms with Crippen molar-refractivity contribution in [2.75, 3.05) is 0 Å². The molecule has 3 fully saturated rings. The van der Waals surface area contributed by atoms with Crippen LogP contribution in [0.15, 0.2) is 23.8 Å². The molecule has 0 spiro atoms. The Bertz CT molecular complexity index is 512. The topological polar surface area (TPSA) is 0 Å². The van der Waals surface area contributed by atoms with Crippen LogP contribution in [0.2, 0.25) is 0 Å². The van der Waals surface area contributed by atoms with Crippen molar-refractivity contribution in [1.82, 2.24) is 0 Å². The zero-order valence-corrected chi connectivity index (χ0v) is 15.1. The van der Waals surface area contributed by atoms with Crippen LogP contribution < -0.4 is 0 Å². The zero-order chi connectivity index (χ0) is 15.5. The van der Waals surface area contributed by atoms with Gasteiger partial charge in [-0.3, -0.25) is 0 Å². The monoisotopic (exact) mass is 298 g/mol. The standard InChI is InChI=1S/C22H34/c1-5-18-15(2)14-20-17-10-9-16-8-6-7-12-21(16,3)19(17)11-13-22(18,20)4/h7-8,12,15,17-20H,5-6,9-11,13-14H2,1-4H3/t15-,17+,18+,19-,20-,21-,22+/m0/s1. The molecule has 0 nitrogen and oxygen atoms in total. The van der Waals surface area contributed by atoms with Crippen LogP contribution in [-0.4, -0.2) is 0 Å². The van der Waals surface area contributed by atoms with Gasteiger partial charge in [-0.15, -0.1) is 0 Å². The van der Waals surface area contributed by atoms with Gasteiger partial charge in [0.25, 0.3) is 0 Å². The Labute approximate surface area is 137 Å². The summed E-state index contributed by atoms with van der Waals surface area (Å²) < 4.78 is 0. The van der Waals surface area contributed by atoms with Gasteiger partial charge in [-0.1, -0.05) is 57.9 Å². The summed E-state index contributed by atoms with van der Waals surface area (Å²) in [6.45, 7) is 10.2. The summed E-state index contributed by atoms with van der Waals surface area (Å²) >= 11 is 0. The lowest BCUT2D eigenvalue weighted by atomic mass is 9.47. The second-order valence-electron chi connectivity index (χ2n) is 9.34. The van der Waals surface area contributed by atoms with Gasteiger partial charge in [0.1, 0.15) is 0 Å². The average molecular weight is 299 g/mol. The van der Waals surface area contributed by atoms with Gasteiger partial charge in [-0.2, -0.15) is 0 Å². The summed E-state index contributed by atoms with van der Waals surface area (Å²) in [7, 11) is 0. The highest BCUT2D eigenvalue weighted by Gasteiger charge is 2.59. The largest absolute Gasteiger partial charge is 0.0839 e. The fourth-order valence-corrected chi connectivity index (χ4v) is 7.68. The number of allylic oxidation sites excluding steroid dienone is 4. The van der Waals surface area contributed by atoms with E-state index < -0.39 is 0 Å². The Hall–Kier alpha value is -0.520. The summed E-state index contributed by atoms with van der Waals surface area (Å²) in [4.78, 5) is 0. The van der Waals surface area contributed by atoms with Gasteiger partial charge in [0.05, 0.1) is 0 Å². The number of rotatable bonds is 1. The van der Waals surface area contributed by atoms with E-state index in [0.29, 0.717) is 10.8 Å². The lowest BCUT2D eigenvalue weighted by Gasteiger charge is -2.57. The highest BCUT2D eigenvalue weighted by Crippen LogP contribution is 2.67. The molecule has 0 aromatic rings. The molecule has 0 bridgehead atoms. The molecule has 0 radical (unpaired) electrons. The van der Waals surface area contributed by atoms with Crippen molar-refractivity contribution in [2.24, 2.45) is 40.4 Å². The van der Waals surface area contributed by atoms with Crippen molar-refractivity contribution in [3.05, 3.63) is 23.8 Å². The van der Waals surface area contributed by atoms with Crippen LogP contribution in [0.4, 0.5) is 0 Å². The molecule has 0 unspecified atom stereocenters. The molecular weight excluding hydrogens is 264 g/mol. The molecule has 4 aliphatic carbocycles. The molecule has 4 rings (SSSR count). The summed E-state index contributed by atoms with van der Waals surface area (Å²) in [5, 5.41) is 0. The molecular formula is C22H34. The van der Waals surface area contributed by atoms with Gasteiger partial charge in [0, 0.05) is 5.41 Å². The van der Waals surface area contributed by atoms with Crippen molar-refractivity contribution >= 4 is 0 Å². The second kappa shape index (κ2) is 4.99. The molecule has 0 amide bonds. The predicted molar refractivity (Wildman–Crippen MR) is 94.6 cm³/mol. The van der Waals surface area contributed by atoms with Gasteiger partial charge in [-0.25, -0.2) is 0 Å². The van der Waals surface area contributed by atoms with Crippen molar-refractivity contribution in [1.29, 1.82) is 0 Å². The third-order valence-corrected chi connectivity index (χ3v) is 8.65. The number of fused-ring (bicyclic) bond motifs is 5. The minimum atomic E-state index is 0.399. The van der Waals surface area contributed by atoms with Crippen LogP contribution in [-0.2, 0) is 0 Å². The molecule has 22 heavy (non-hydrogen) atoms. The van der Waals surface area contributed by atoms with Gasteiger partial charge in [0.15, 0.2) is 0 Å². The fraction of sp³-hybridized carbons (Fsp3) is 0.818. The van der Waals surface area contributed by atoms with Crippen molar-refractivity contribution < 1.29 is 0 Å². The van der Waals surface area contributed by atoms with Crippen LogP contribution in [0.25, 0.3) is 0 Å². The molecule has 4 aliphatic rings. The van der Waals surface area contributed by atoms with Crippen LogP contribution in [0, 0.1) is 40.4 Å². The Kier molecular flexibility index (Phi) is 3.41. The summed E-state index contributed by atoms with van der Waals surface area (Å²) in [6, 6.07) is 0. The maximum Gasteiger partial charge on any atom is 0.00936 e. The van der Waals surface area contributed by atoms with E-state index in [-0.39, 0.29) is 0 Å². The normalized spacial score (nSPS) is 53.5. The summed E-state index contributed by atoms with van der Waals surface area (Å²) in [5.41, 5.74) is 2.82. The minimum Gasteiger partial charge on any atom is -0.0839 e. The first kappa shape index (κ1) is 15.0.